The van der Waals surface area contributed by atoms with E-state index in [4.69, 9.17) is 29.9 Å². The highest BCUT2D eigenvalue weighted by Gasteiger charge is 2.29. The zero-order chi connectivity index (χ0) is 70.2. The maximum absolute atomic E-state index is 5.22. The van der Waals surface area contributed by atoms with Crippen LogP contribution in [0.4, 0.5) is 0 Å². The van der Waals surface area contributed by atoms with Crippen molar-refractivity contribution < 1.29 is 0 Å². The lowest BCUT2D eigenvalue weighted by atomic mass is 9.93. The third kappa shape index (κ3) is 9.44. The first-order valence-electron chi connectivity index (χ1n) is 36.3. The molecule has 23 rings (SSSR count). The van der Waals surface area contributed by atoms with Crippen molar-refractivity contribution in [1.29, 1.82) is 0 Å². The van der Waals surface area contributed by atoms with Crippen LogP contribution in [-0.2, 0) is 0 Å². The fourth-order valence-corrected chi connectivity index (χ4v) is 17.0. The Morgan fingerprint density at radius 2 is 0.607 bits per heavy atom. The molecule has 0 saturated carbocycles. The number of hydrogen-bond acceptors (Lipinski definition) is 6. The fourth-order valence-electron chi connectivity index (χ4n) is 17.0. The SMILES string of the molecule is c1ccc(-c2cc3c4ccccc4n4c5ccccc5c5ccc6c(c3c(c2)n6-c2ccc(-c3nc(-c6ccccc6)nc(-c6ccccc6)n3)cc2)c54)cc1.c1ccc(-c2nc(-c3ccccc3)nc(-c3ccc4ccccc4c3-n3c4cccc5c4c4c6c(cccc6ccc43)-c3ccccc3-5)n2)cc1. The van der Waals surface area contributed by atoms with Crippen molar-refractivity contribution in [3.05, 3.63) is 358 Å². The third-order valence-corrected chi connectivity index (χ3v) is 21.7. The summed E-state index contributed by atoms with van der Waals surface area (Å²) in [5.74, 6) is 3.85. The van der Waals surface area contributed by atoms with Crippen molar-refractivity contribution >= 4 is 103 Å². The first kappa shape index (κ1) is 60.1. The summed E-state index contributed by atoms with van der Waals surface area (Å²) in [6.07, 6.45) is 0. The second-order valence-corrected chi connectivity index (χ2v) is 27.6. The van der Waals surface area contributed by atoms with E-state index in [1.165, 1.54) is 115 Å². The van der Waals surface area contributed by atoms with Gasteiger partial charge in [-0.25, -0.2) is 29.9 Å². The standard InChI is InChI=1S/C51H31N5.C47H28N4/c1-4-14-32(15-5-1)36-30-41-39-21-11-13-23-43(39)56-42-22-12-10-20-38(42)40-28-29-44-47(48(40)56)46(41)45(31-36)55(44)37-26-24-35(25-27-37)51-53-49(33-16-6-2-7-17-33)52-50(54-51)34-18-8-3-9-19-34;1-3-14-31(15-4-1)45-48-46(32-16-5-2-6-17-32)50-47(49-45)38-27-25-29-13-7-8-19-33(29)44(38)51-39-24-12-23-37-35-21-10-9-20-34(35)36-22-11-18-30-26-28-40(51)43(41(30)36)42(37)39/h1-31H;1-28H. The third-order valence-electron chi connectivity index (χ3n) is 21.7. The molecule has 22 aromatic rings. The van der Waals surface area contributed by atoms with Crippen LogP contribution in [0.5, 0.6) is 0 Å². The zero-order valence-electron chi connectivity index (χ0n) is 57.6. The topological polar surface area (TPSA) is 91.6 Å². The van der Waals surface area contributed by atoms with E-state index in [0.29, 0.717) is 34.9 Å². The van der Waals surface area contributed by atoms with Gasteiger partial charge >= 0.3 is 0 Å². The van der Waals surface area contributed by atoms with Gasteiger partial charge in [-0.2, -0.15) is 0 Å². The summed E-state index contributed by atoms with van der Waals surface area (Å²) in [6.45, 7) is 0. The molecule has 6 aromatic heterocycles. The molecule has 496 valence electrons. The van der Waals surface area contributed by atoms with E-state index in [2.05, 4.69) is 274 Å². The van der Waals surface area contributed by atoms with Gasteiger partial charge in [-0.05, 0) is 128 Å². The lowest BCUT2D eigenvalue weighted by molar-refractivity contribution is 1.07. The van der Waals surface area contributed by atoms with E-state index in [1.54, 1.807) is 0 Å². The summed E-state index contributed by atoms with van der Waals surface area (Å²) < 4.78 is 7.40. The molecular formula is C98H59N9. The van der Waals surface area contributed by atoms with Gasteiger partial charge in [0.2, 0.25) is 0 Å². The lowest BCUT2D eigenvalue weighted by Gasteiger charge is -2.18. The summed E-state index contributed by atoms with van der Waals surface area (Å²) in [6, 6.07) is 127. The van der Waals surface area contributed by atoms with Gasteiger partial charge in [-0.1, -0.05) is 285 Å². The van der Waals surface area contributed by atoms with Crippen LogP contribution in [-0.4, -0.2) is 43.4 Å². The van der Waals surface area contributed by atoms with Crippen LogP contribution in [0.15, 0.2) is 358 Å². The molecule has 9 nitrogen and oxygen atoms in total. The van der Waals surface area contributed by atoms with Crippen molar-refractivity contribution in [1.82, 2.24) is 43.4 Å². The maximum Gasteiger partial charge on any atom is 0.166 e. The Kier molecular flexibility index (Phi) is 13.5. The molecule has 0 spiro atoms. The number of aromatic nitrogens is 9. The van der Waals surface area contributed by atoms with Gasteiger partial charge in [0.05, 0.1) is 44.3 Å². The predicted octanol–water partition coefficient (Wildman–Crippen LogP) is 24.7. The minimum absolute atomic E-state index is 0.633. The molecule has 107 heavy (non-hydrogen) atoms. The minimum atomic E-state index is 0.633. The van der Waals surface area contributed by atoms with E-state index in [-0.39, 0.29) is 0 Å². The summed E-state index contributed by atoms with van der Waals surface area (Å²) in [5, 5.41) is 14.9. The predicted molar refractivity (Wildman–Crippen MR) is 440 cm³/mol. The largest absolute Gasteiger partial charge is 0.309 e. The Labute approximate surface area is 613 Å². The van der Waals surface area contributed by atoms with Gasteiger partial charge in [0.25, 0.3) is 0 Å². The average molecular weight is 1360 g/mol. The number of nitrogens with zero attached hydrogens (tertiary/aromatic N) is 9. The van der Waals surface area contributed by atoms with Crippen LogP contribution in [0.3, 0.4) is 0 Å². The molecular weight excluding hydrogens is 1300 g/mol. The van der Waals surface area contributed by atoms with Gasteiger partial charge in [0.15, 0.2) is 34.9 Å². The first-order valence-corrected chi connectivity index (χ1v) is 36.3. The van der Waals surface area contributed by atoms with Crippen LogP contribution in [0, 0.1) is 0 Å². The molecule has 0 aliphatic heterocycles. The van der Waals surface area contributed by atoms with Crippen LogP contribution in [0.25, 0.3) is 216 Å². The number of para-hydroxylation sites is 2. The average Bonchev–Trinajstić information content (AvgIpc) is 1.53. The number of benzene rings is 16. The highest BCUT2D eigenvalue weighted by atomic mass is 15.1. The van der Waals surface area contributed by atoms with Crippen LogP contribution in [0.1, 0.15) is 0 Å². The number of rotatable bonds is 9. The zero-order valence-corrected chi connectivity index (χ0v) is 57.6. The van der Waals surface area contributed by atoms with E-state index in [9.17, 15) is 0 Å². The monoisotopic (exact) mass is 1360 g/mol. The van der Waals surface area contributed by atoms with Gasteiger partial charge < -0.3 is 13.5 Å². The summed E-state index contributed by atoms with van der Waals surface area (Å²) >= 11 is 0. The van der Waals surface area contributed by atoms with E-state index in [0.717, 1.165) is 66.6 Å². The van der Waals surface area contributed by atoms with Crippen molar-refractivity contribution in [2.75, 3.05) is 0 Å². The van der Waals surface area contributed by atoms with Crippen molar-refractivity contribution in [3.63, 3.8) is 0 Å². The van der Waals surface area contributed by atoms with E-state index >= 15 is 0 Å². The molecule has 0 N–H and O–H groups in total. The van der Waals surface area contributed by atoms with Crippen LogP contribution >= 0.6 is 0 Å². The molecule has 6 heterocycles. The van der Waals surface area contributed by atoms with E-state index < -0.39 is 0 Å². The fraction of sp³-hybridized carbons (Fsp3) is 0. The molecule has 1 aliphatic rings. The summed E-state index contributed by atoms with van der Waals surface area (Å²) in [5.41, 5.74) is 23.5. The molecule has 0 unspecified atom stereocenters. The highest BCUT2D eigenvalue weighted by Crippen LogP contribution is 2.52. The first-order chi connectivity index (χ1) is 53.1. The second kappa shape index (κ2) is 24.0. The molecule has 1 aliphatic carbocycles. The Morgan fingerprint density at radius 1 is 0.187 bits per heavy atom. The molecule has 0 radical (unpaired) electrons. The Morgan fingerprint density at radius 3 is 1.20 bits per heavy atom. The Bertz CT molecular complexity index is 7220. The van der Waals surface area contributed by atoms with Crippen molar-refractivity contribution in [3.8, 4) is 113 Å². The van der Waals surface area contributed by atoms with E-state index in [1.807, 2.05) is 97.1 Å². The normalized spacial score (nSPS) is 11.9. The van der Waals surface area contributed by atoms with Crippen molar-refractivity contribution in [2.24, 2.45) is 0 Å². The minimum Gasteiger partial charge on any atom is -0.309 e. The molecule has 0 atom stereocenters. The maximum atomic E-state index is 5.22. The smallest absolute Gasteiger partial charge is 0.166 e. The molecule has 0 fully saturated rings. The van der Waals surface area contributed by atoms with Crippen molar-refractivity contribution in [2.45, 2.75) is 0 Å². The Balaban J connectivity index is 0.000000134. The Hall–Kier alpha value is -14.5. The van der Waals surface area contributed by atoms with Gasteiger partial charge in [-0.15, -0.1) is 0 Å². The highest BCUT2D eigenvalue weighted by molar-refractivity contribution is 6.34. The van der Waals surface area contributed by atoms with Gasteiger partial charge in [0.1, 0.15) is 0 Å². The lowest BCUT2D eigenvalue weighted by Crippen LogP contribution is -2.04. The summed E-state index contributed by atoms with van der Waals surface area (Å²) in [7, 11) is 0. The van der Waals surface area contributed by atoms with Crippen LogP contribution < -0.4 is 0 Å². The second-order valence-electron chi connectivity index (χ2n) is 27.6. The number of hydrogen-bond donors (Lipinski definition) is 0. The van der Waals surface area contributed by atoms with Gasteiger partial charge in [0, 0.05) is 82.2 Å². The molecule has 16 aromatic carbocycles. The number of fused-ring (bicyclic) bond motifs is 10. The molecule has 9 heteroatoms. The molecule has 0 amide bonds. The molecule has 0 bridgehead atoms. The summed E-state index contributed by atoms with van der Waals surface area (Å²) in [4.78, 5) is 30.4. The van der Waals surface area contributed by atoms with Gasteiger partial charge in [-0.3, -0.25) is 0 Å². The quantitative estimate of drug-likeness (QED) is 0.143. The molecule has 0 saturated heterocycles. The van der Waals surface area contributed by atoms with Crippen LogP contribution in [0.2, 0.25) is 0 Å².